The summed E-state index contributed by atoms with van der Waals surface area (Å²) < 4.78 is 34.8. The van der Waals surface area contributed by atoms with Gasteiger partial charge in [0.2, 0.25) is 27.6 Å². The van der Waals surface area contributed by atoms with Crippen molar-refractivity contribution in [3.8, 4) is 11.4 Å². The fourth-order valence-corrected chi connectivity index (χ4v) is 7.77. The van der Waals surface area contributed by atoms with Crippen LogP contribution in [-0.2, 0) is 21.2 Å². The van der Waals surface area contributed by atoms with Crippen molar-refractivity contribution in [2.45, 2.75) is 94.0 Å². The summed E-state index contributed by atoms with van der Waals surface area (Å²) in [6.45, 7) is 0. The first kappa shape index (κ1) is 27.8. The maximum Gasteiger partial charge on any atom is 0.243 e. The number of carbonyl (C=O) groups is 1. The number of aryl methyl sites for hydroxylation is 1. The van der Waals surface area contributed by atoms with E-state index < -0.39 is 10.0 Å². The third-order valence-electron chi connectivity index (χ3n) is 7.72. The zero-order valence-corrected chi connectivity index (χ0v) is 23.6. The van der Waals surface area contributed by atoms with E-state index in [0.29, 0.717) is 22.4 Å². The van der Waals surface area contributed by atoms with Crippen LogP contribution < -0.4 is 5.32 Å². The largest absolute Gasteiger partial charge is 0.339 e. The topological polar surface area (TPSA) is 105 Å². The van der Waals surface area contributed by atoms with Crippen LogP contribution in [0, 0.1) is 0 Å². The summed E-state index contributed by atoms with van der Waals surface area (Å²) in [6, 6.07) is 13.8. The van der Waals surface area contributed by atoms with Crippen molar-refractivity contribution in [2.75, 3.05) is 5.32 Å². The van der Waals surface area contributed by atoms with Gasteiger partial charge in [-0.25, -0.2) is 8.42 Å². The molecule has 1 aromatic heterocycles. The molecule has 5 rings (SSSR count). The monoisotopic (exact) mass is 570 g/mol. The van der Waals surface area contributed by atoms with Crippen LogP contribution in [0.4, 0.5) is 5.69 Å². The number of benzene rings is 2. The molecule has 3 aromatic rings. The summed E-state index contributed by atoms with van der Waals surface area (Å²) >= 11 is 5.92. The number of anilines is 1. The quantitative estimate of drug-likeness (QED) is 0.310. The first-order valence-corrected chi connectivity index (χ1v) is 15.7. The predicted molar refractivity (Wildman–Crippen MR) is 151 cm³/mol. The molecule has 1 N–H and O–H groups in total. The molecule has 2 aliphatic carbocycles. The predicted octanol–water partition coefficient (Wildman–Crippen LogP) is 6.62. The number of nitrogens with one attached hydrogen (secondary N) is 1. The molecule has 0 unspecified atom stereocenters. The molecule has 0 radical (unpaired) electrons. The van der Waals surface area contributed by atoms with E-state index >= 15 is 0 Å². The van der Waals surface area contributed by atoms with Crippen molar-refractivity contribution in [2.24, 2.45) is 0 Å². The van der Waals surface area contributed by atoms with Crippen molar-refractivity contribution < 1.29 is 17.7 Å². The summed E-state index contributed by atoms with van der Waals surface area (Å²) in [5.74, 6) is 0.583. The van der Waals surface area contributed by atoms with E-state index in [9.17, 15) is 13.2 Å². The molecule has 10 heteroatoms. The number of hydrogen-bond acceptors (Lipinski definition) is 6. The number of rotatable bonds is 9. The molecule has 2 aliphatic rings. The van der Waals surface area contributed by atoms with Crippen LogP contribution >= 0.6 is 11.6 Å². The third-order valence-corrected chi connectivity index (χ3v) is 9.99. The third kappa shape index (κ3) is 6.88. The second kappa shape index (κ2) is 12.6. The maximum absolute atomic E-state index is 13.9. The van der Waals surface area contributed by atoms with Gasteiger partial charge in [0.1, 0.15) is 0 Å². The molecule has 0 bridgehead atoms. The van der Waals surface area contributed by atoms with Crippen LogP contribution in [0.1, 0.15) is 76.5 Å². The molecule has 0 aliphatic heterocycles. The SMILES string of the molecule is O=C(CCc1nc(-c2ccc(Cl)cc2)no1)Nc1ccc(S(=O)(=O)N(C2CCCCC2)C2CCCCC2)cc1. The van der Waals surface area contributed by atoms with Gasteiger partial charge in [0, 0.05) is 41.2 Å². The highest BCUT2D eigenvalue weighted by molar-refractivity contribution is 7.89. The van der Waals surface area contributed by atoms with Crippen molar-refractivity contribution in [3.63, 3.8) is 0 Å². The van der Waals surface area contributed by atoms with Gasteiger partial charge in [-0.3, -0.25) is 4.79 Å². The number of aromatic nitrogens is 2. The molecule has 1 amide bonds. The summed E-state index contributed by atoms with van der Waals surface area (Å²) in [7, 11) is -3.63. The Hall–Kier alpha value is -2.75. The lowest BCUT2D eigenvalue weighted by Crippen LogP contribution is -2.48. The molecule has 2 fully saturated rings. The van der Waals surface area contributed by atoms with Gasteiger partial charge in [-0.15, -0.1) is 0 Å². The molecule has 0 atom stereocenters. The minimum absolute atomic E-state index is 0.0798. The van der Waals surface area contributed by atoms with E-state index in [1.807, 2.05) is 4.31 Å². The van der Waals surface area contributed by atoms with Crippen LogP contribution in [-0.4, -0.2) is 40.9 Å². The molecule has 1 heterocycles. The van der Waals surface area contributed by atoms with Crippen molar-refractivity contribution in [1.82, 2.24) is 14.4 Å². The second-order valence-corrected chi connectivity index (χ2v) is 12.8. The Morgan fingerprint density at radius 1 is 0.897 bits per heavy atom. The fraction of sp³-hybridized carbons (Fsp3) is 0.483. The summed E-state index contributed by atoms with van der Waals surface area (Å²) in [5, 5.41) is 7.43. The minimum Gasteiger partial charge on any atom is -0.339 e. The standard InChI is InChI=1S/C29H35ClN4O4S/c30-22-13-11-21(12-14-22)29-32-28(38-33-29)20-19-27(35)31-23-15-17-26(18-16-23)39(36,37)34(24-7-3-1-4-8-24)25-9-5-2-6-10-25/h11-18,24-25H,1-10,19-20H2,(H,31,35). The number of halogens is 1. The molecule has 2 saturated carbocycles. The lowest BCUT2D eigenvalue weighted by molar-refractivity contribution is -0.116. The van der Waals surface area contributed by atoms with Gasteiger partial charge < -0.3 is 9.84 Å². The molecule has 0 spiro atoms. The van der Waals surface area contributed by atoms with Crippen LogP contribution in [0.5, 0.6) is 0 Å². The number of hydrogen-bond donors (Lipinski definition) is 1. The molecule has 2 aromatic carbocycles. The van der Waals surface area contributed by atoms with E-state index in [4.69, 9.17) is 16.1 Å². The molecule has 8 nitrogen and oxygen atoms in total. The Labute approximate surface area is 235 Å². The molecular weight excluding hydrogens is 536 g/mol. The smallest absolute Gasteiger partial charge is 0.243 e. The Morgan fingerprint density at radius 2 is 1.49 bits per heavy atom. The number of carbonyl (C=O) groups excluding carboxylic acids is 1. The van der Waals surface area contributed by atoms with Gasteiger partial charge >= 0.3 is 0 Å². The van der Waals surface area contributed by atoms with Gasteiger partial charge in [0.05, 0.1) is 4.90 Å². The van der Waals surface area contributed by atoms with Crippen molar-refractivity contribution in [3.05, 3.63) is 59.4 Å². The van der Waals surface area contributed by atoms with Crippen LogP contribution in [0.25, 0.3) is 11.4 Å². The fourth-order valence-electron chi connectivity index (χ4n) is 5.71. The van der Waals surface area contributed by atoms with Crippen LogP contribution in [0.3, 0.4) is 0 Å². The Kier molecular flexibility index (Phi) is 8.99. The molecule has 39 heavy (non-hydrogen) atoms. The molecular formula is C29H35ClN4O4S. The number of nitrogens with zero attached hydrogens (tertiary/aromatic N) is 3. The molecule has 0 saturated heterocycles. The minimum atomic E-state index is -3.63. The number of sulfonamides is 1. The van der Waals surface area contributed by atoms with Crippen LogP contribution in [0.15, 0.2) is 57.9 Å². The zero-order chi connectivity index (χ0) is 27.2. The van der Waals surface area contributed by atoms with Gasteiger partial charge in [0.15, 0.2) is 0 Å². The Bertz CT molecular complexity index is 1330. The normalized spacial score (nSPS) is 17.4. The Morgan fingerprint density at radius 3 is 2.08 bits per heavy atom. The van der Waals surface area contributed by atoms with Gasteiger partial charge in [-0.2, -0.15) is 9.29 Å². The van der Waals surface area contributed by atoms with E-state index in [-0.39, 0.29) is 35.7 Å². The molecule has 208 valence electrons. The lowest BCUT2D eigenvalue weighted by Gasteiger charge is -2.40. The van der Waals surface area contributed by atoms with Crippen molar-refractivity contribution in [1.29, 1.82) is 0 Å². The summed E-state index contributed by atoms with van der Waals surface area (Å²) in [4.78, 5) is 17.2. The number of amides is 1. The second-order valence-electron chi connectivity index (χ2n) is 10.5. The first-order chi connectivity index (χ1) is 18.9. The van der Waals surface area contributed by atoms with E-state index in [1.165, 1.54) is 12.8 Å². The zero-order valence-electron chi connectivity index (χ0n) is 22.0. The van der Waals surface area contributed by atoms with Crippen LogP contribution in [0.2, 0.25) is 5.02 Å². The highest BCUT2D eigenvalue weighted by Crippen LogP contribution is 2.35. The van der Waals surface area contributed by atoms with Gasteiger partial charge in [0.25, 0.3) is 0 Å². The highest BCUT2D eigenvalue weighted by Gasteiger charge is 2.38. The van der Waals surface area contributed by atoms with E-state index in [2.05, 4.69) is 15.5 Å². The summed E-state index contributed by atoms with van der Waals surface area (Å²) in [5.41, 5.74) is 1.33. The lowest BCUT2D eigenvalue weighted by atomic mass is 9.91. The van der Waals surface area contributed by atoms with Gasteiger partial charge in [-0.1, -0.05) is 55.3 Å². The maximum atomic E-state index is 13.9. The van der Waals surface area contributed by atoms with E-state index in [1.54, 1.807) is 48.5 Å². The average molecular weight is 571 g/mol. The van der Waals surface area contributed by atoms with Crippen molar-refractivity contribution >= 4 is 33.2 Å². The summed E-state index contributed by atoms with van der Waals surface area (Å²) in [6.07, 6.45) is 10.9. The first-order valence-electron chi connectivity index (χ1n) is 13.9. The highest BCUT2D eigenvalue weighted by atomic mass is 35.5. The van der Waals surface area contributed by atoms with E-state index in [0.717, 1.165) is 56.9 Å². The average Bonchev–Trinajstić information content (AvgIpc) is 3.43. The van der Waals surface area contributed by atoms with Gasteiger partial charge in [-0.05, 0) is 74.2 Å². The Balaban J connectivity index is 1.20.